The number of anilines is 1. The van der Waals surface area contributed by atoms with Crippen molar-refractivity contribution in [3.8, 4) is 0 Å². The zero-order valence-electron chi connectivity index (χ0n) is 11.6. The Morgan fingerprint density at radius 3 is 2.62 bits per heavy atom. The number of oxazole rings is 1. The summed E-state index contributed by atoms with van der Waals surface area (Å²) in [7, 11) is 0. The van der Waals surface area contributed by atoms with E-state index in [0.29, 0.717) is 25.2 Å². The van der Waals surface area contributed by atoms with Crippen LogP contribution in [0.15, 0.2) is 59.0 Å². The fraction of sp³-hybridized carbons (Fsp3) is 0.176. The maximum Gasteiger partial charge on any atom is 0.224 e. The number of para-hydroxylation sites is 3. The van der Waals surface area contributed by atoms with E-state index in [1.54, 1.807) is 0 Å². The molecule has 0 radical (unpaired) electrons. The van der Waals surface area contributed by atoms with Crippen molar-refractivity contribution in [2.75, 3.05) is 5.32 Å². The third-order valence-corrected chi connectivity index (χ3v) is 3.19. The number of hydrogen-bond acceptors (Lipinski definition) is 3. The van der Waals surface area contributed by atoms with Gasteiger partial charge in [-0.3, -0.25) is 4.79 Å². The van der Waals surface area contributed by atoms with Crippen LogP contribution in [0.4, 0.5) is 5.69 Å². The minimum Gasteiger partial charge on any atom is -0.441 e. The summed E-state index contributed by atoms with van der Waals surface area (Å²) in [6.45, 7) is 0. The van der Waals surface area contributed by atoms with E-state index in [-0.39, 0.29) is 5.91 Å². The van der Waals surface area contributed by atoms with Gasteiger partial charge in [0.1, 0.15) is 5.52 Å². The van der Waals surface area contributed by atoms with Crippen LogP contribution >= 0.6 is 0 Å². The van der Waals surface area contributed by atoms with Gasteiger partial charge in [-0.15, -0.1) is 0 Å². The van der Waals surface area contributed by atoms with Gasteiger partial charge in [0.25, 0.3) is 0 Å². The summed E-state index contributed by atoms with van der Waals surface area (Å²) in [6.07, 6.45) is 1.83. The number of carbonyl (C=O) groups is 1. The van der Waals surface area contributed by atoms with Crippen LogP contribution in [0.3, 0.4) is 0 Å². The predicted molar refractivity (Wildman–Crippen MR) is 82.0 cm³/mol. The highest BCUT2D eigenvalue weighted by Crippen LogP contribution is 2.16. The molecular formula is C17H16N2O2. The van der Waals surface area contributed by atoms with Crippen LogP contribution in [0.1, 0.15) is 18.7 Å². The van der Waals surface area contributed by atoms with Gasteiger partial charge in [0.05, 0.1) is 0 Å². The van der Waals surface area contributed by atoms with Gasteiger partial charge in [0.15, 0.2) is 11.5 Å². The van der Waals surface area contributed by atoms with Crippen molar-refractivity contribution in [1.29, 1.82) is 0 Å². The average molecular weight is 280 g/mol. The van der Waals surface area contributed by atoms with Crippen molar-refractivity contribution in [3.63, 3.8) is 0 Å². The van der Waals surface area contributed by atoms with Crippen LogP contribution in [0.2, 0.25) is 0 Å². The molecule has 1 heterocycles. The molecule has 4 heteroatoms. The molecule has 0 saturated carbocycles. The molecule has 1 N–H and O–H groups in total. The number of amides is 1. The first kappa shape index (κ1) is 13.4. The van der Waals surface area contributed by atoms with Crippen LogP contribution in [-0.4, -0.2) is 10.9 Å². The lowest BCUT2D eigenvalue weighted by atomic mass is 10.2. The molecule has 21 heavy (non-hydrogen) atoms. The third-order valence-electron chi connectivity index (χ3n) is 3.19. The molecule has 0 aliphatic carbocycles. The van der Waals surface area contributed by atoms with Gasteiger partial charge < -0.3 is 9.73 Å². The topological polar surface area (TPSA) is 55.1 Å². The molecule has 2 aromatic carbocycles. The Bertz CT molecular complexity index is 702. The highest BCUT2D eigenvalue weighted by Gasteiger charge is 2.07. The van der Waals surface area contributed by atoms with Gasteiger partial charge >= 0.3 is 0 Å². The minimum absolute atomic E-state index is 0.0114. The number of fused-ring (bicyclic) bond motifs is 1. The van der Waals surface area contributed by atoms with E-state index >= 15 is 0 Å². The first-order valence-corrected chi connectivity index (χ1v) is 7.00. The van der Waals surface area contributed by atoms with E-state index in [1.807, 2.05) is 54.6 Å². The molecule has 0 saturated heterocycles. The molecule has 0 spiro atoms. The first-order valence-electron chi connectivity index (χ1n) is 7.00. The standard InChI is InChI=1S/C17H16N2O2/c20-16(18-13-7-2-1-3-8-13)11-6-12-17-19-14-9-4-5-10-15(14)21-17/h1-5,7-10H,6,11-12H2,(H,18,20). The summed E-state index contributed by atoms with van der Waals surface area (Å²) in [5, 5.41) is 2.86. The maximum atomic E-state index is 11.8. The smallest absolute Gasteiger partial charge is 0.224 e. The Kier molecular flexibility index (Phi) is 3.96. The van der Waals surface area contributed by atoms with Crippen molar-refractivity contribution in [1.82, 2.24) is 4.98 Å². The molecule has 1 aromatic heterocycles. The van der Waals surface area contributed by atoms with Gasteiger partial charge in [0.2, 0.25) is 5.91 Å². The largest absolute Gasteiger partial charge is 0.441 e. The molecule has 1 amide bonds. The highest BCUT2D eigenvalue weighted by atomic mass is 16.3. The van der Waals surface area contributed by atoms with E-state index in [2.05, 4.69) is 10.3 Å². The molecule has 106 valence electrons. The number of carbonyl (C=O) groups excluding carboxylic acids is 1. The molecule has 3 aromatic rings. The molecular weight excluding hydrogens is 264 g/mol. The second-order valence-electron chi connectivity index (χ2n) is 4.84. The second kappa shape index (κ2) is 6.22. The van der Waals surface area contributed by atoms with E-state index in [1.165, 1.54) is 0 Å². The fourth-order valence-electron chi connectivity index (χ4n) is 2.17. The summed E-state index contributed by atoms with van der Waals surface area (Å²) in [5.41, 5.74) is 2.48. The van der Waals surface area contributed by atoms with E-state index in [0.717, 1.165) is 16.8 Å². The van der Waals surface area contributed by atoms with Gasteiger partial charge in [-0.05, 0) is 30.7 Å². The zero-order chi connectivity index (χ0) is 14.5. The monoisotopic (exact) mass is 280 g/mol. The molecule has 0 unspecified atom stereocenters. The van der Waals surface area contributed by atoms with Crippen molar-refractivity contribution in [2.24, 2.45) is 0 Å². The number of hydrogen-bond donors (Lipinski definition) is 1. The normalized spacial score (nSPS) is 10.7. The number of benzene rings is 2. The van der Waals surface area contributed by atoms with Gasteiger partial charge in [-0.25, -0.2) is 4.98 Å². The Morgan fingerprint density at radius 1 is 1.05 bits per heavy atom. The summed E-state index contributed by atoms with van der Waals surface area (Å²) in [6, 6.07) is 17.1. The van der Waals surface area contributed by atoms with Gasteiger partial charge in [-0.1, -0.05) is 30.3 Å². The number of nitrogens with zero attached hydrogens (tertiary/aromatic N) is 1. The van der Waals surface area contributed by atoms with E-state index in [9.17, 15) is 4.79 Å². The lowest BCUT2D eigenvalue weighted by Crippen LogP contribution is -2.11. The molecule has 0 fully saturated rings. The Hall–Kier alpha value is -2.62. The van der Waals surface area contributed by atoms with Crippen molar-refractivity contribution in [2.45, 2.75) is 19.3 Å². The molecule has 0 bridgehead atoms. The summed E-state index contributed by atoms with van der Waals surface area (Å²) in [5.74, 6) is 0.695. The summed E-state index contributed by atoms with van der Waals surface area (Å²) in [4.78, 5) is 16.2. The summed E-state index contributed by atoms with van der Waals surface area (Å²) >= 11 is 0. The lowest BCUT2D eigenvalue weighted by molar-refractivity contribution is -0.116. The van der Waals surface area contributed by atoms with Gasteiger partial charge in [-0.2, -0.15) is 0 Å². The number of aryl methyl sites for hydroxylation is 1. The quantitative estimate of drug-likeness (QED) is 0.773. The summed E-state index contributed by atoms with van der Waals surface area (Å²) < 4.78 is 5.63. The zero-order valence-corrected chi connectivity index (χ0v) is 11.6. The number of aromatic nitrogens is 1. The Balaban J connectivity index is 1.50. The van der Waals surface area contributed by atoms with Gasteiger partial charge in [0, 0.05) is 18.5 Å². The fourth-order valence-corrected chi connectivity index (χ4v) is 2.17. The minimum atomic E-state index is 0.0114. The Labute approximate surface area is 122 Å². The SMILES string of the molecule is O=C(CCCc1nc2ccccc2o1)Nc1ccccc1. The lowest BCUT2D eigenvalue weighted by Gasteiger charge is -2.03. The van der Waals surface area contributed by atoms with Crippen LogP contribution in [0.25, 0.3) is 11.1 Å². The maximum absolute atomic E-state index is 11.8. The van der Waals surface area contributed by atoms with Crippen LogP contribution < -0.4 is 5.32 Å². The first-order chi connectivity index (χ1) is 10.3. The van der Waals surface area contributed by atoms with Crippen LogP contribution in [0, 0.1) is 0 Å². The van der Waals surface area contributed by atoms with Crippen LogP contribution in [0.5, 0.6) is 0 Å². The highest BCUT2D eigenvalue weighted by molar-refractivity contribution is 5.90. The third kappa shape index (κ3) is 3.48. The Morgan fingerprint density at radius 2 is 1.81 bits per heavy atom. The van der Waals surface area contributed by atoms with Crippen molar-refractivity contribution < 1.29 is 9.21 Å². The van der Waals surface area contributed by atoms with Crippen LogP contribution in [-0.2, 0) is 11.2 Å². The molecule has 0 aliphatic rings. The van der Waals surface area contributed by atoms with E-state index in [4.69, 9.17) is 4.42 Å². The number of nitrogens with one attached hydrogen (secondary N) is 1. The molecule has 3 rings (SSSR count). The van der Waals surface area contributed by atoms with E-state index < -0.39 is 0 Å². The van der Waals surface area contributed by atoms with Crippen molar-refractivity contribution >= 4 is 22.7 Å². The molecule has 0 aliphatic heterocycles. The average Bonchev–Trinajstić information content (AvgIpc) is 2.91. The second-order valence-corrected chi connectivity index (χ2v) is 4.84. The number of rotatable bonds is 5. The van der Waals surface area contributed by atoms with Crippen molar-refractivity contribution in [3.05, 3.63) is 60.5 Å². The molecule has 0 atom stereocenters. The predicted octanol–water partition coefficient (Wildman–Crippen LogP) is 3.79. The molecule has 4 nitrogen and oxygen atoms in total.